The van der Waals surface area contributed by atoms with E-state index in [4.69, 9.17) is 5.73 Å². The number of rotatable bonds is 4. The second-order valence-corrected chi connectivity index (χ2v) is 5.26. The third-order valence-corrected chi connectivity index (χ3v) is 3.17. The van der Waals surface area contributed by atoms with Crippen LogP contribution in [0.25, 0.3) is 0 Å². The van der Waals surface area contributed by atoms with Gasteiger partial charge in [0.25, 0.3) is 0 Å². The number of hydrogen-bond donors (Lipinski definition) is 1. The van der Waals surface area contributed by atoms with E-state index in [0.29, 0.717) is 6.42 Å². The molecule has 0 aliphatic rings. The summed E-state index contributed by atoms with van der Waals surface area (Å²) in [7, 11) is 0. The molecule has 78 valence electrons. The van der Waals surface area contributed by atoms with Gasteiger partial charge in [-0.2, -0.15) is 0 Å². The Hall–Kier alpha value is -0.670. The Morgan fingerprint density at radius 3 is 2.64 bits per heavy atom. The van der Waals surface area contributed by atoms with E-state index < -0.39 is 0 Å². The van der Waals surface area contributed by atoms with Gasteiger partial charge in [0, 0.05) is 12.0 Å². The van der Waals surface area contributed by atoms with Gasteiger partial charge >= 0.3 is 0 Å². The SMILES string of the molecule is Cc1ccsc1C(=O)CCC(C)(C)N. The van der Waals surface area contributed by atoms with Gasteiger partial charge in [-0.3, -0.25) is 4.79 Å². The van der Waals surface area contributed by atoms with Gasteiger partial charge in [-0.15, -0.1) is 11.3 Å². The van der Waals surface area contributed by atoms with Crippen LogP contribution in [0.15, 0.2) is 11.4 Å². The smallest absolute Gasteiger partial charge is 0.173 e. The first-order valence-corrected chi connectivity index (χ1v) is 5.64. The average molecular weight is 211 g/mol. The fourth-order valence-electron chi connectivity index (χ4n) is 1.21. The van der Waals surface area contributed by atoms with Crippen LogP contribution in [0.3, 0.4) is 0 Å². The van der Waals surface area contributed by atoms with E-state index >= 15 is 0 Å². The summed E-state index contributed by atoms with van der Waals surface area (Å²) in [6.07, 6.45) is 1.29. The molecule has 3 heteroatoms. The van der Waals surface area contributed by atoms with E-state index in [1.54, 1.807) is 0 Å². The molecule has 0 amide bonds. The van der Waals surface area contributed by atoms with E-state index in [-0.39, 0.29) is 11.3 Å². The topological polar surface area (TPSA) is 43.1 Å². The Morgan fingerprint density at radius 1 is 1.57 bits per heavy atom. The van der Waals surface area contributed by atoms with Crippen LogP contribution in [0.1, 0.15) is 41.9 Å². The van der Waals surface area contributed by atoms with Gasteiger partial charge < -0.3 is 5.73 Å². The number of nitrogens with two attached hydrogens (primary N) is 1. The maximum Gasteiger partial charge on any atom is 0.173 e. The Morgan fingerprint density at radius 2 is 2.21 bits per heavy atom. The predicted molar refractivity (Wildman–Crippen MR) is 60.9 cm³/mol. The molecule has 0 atom stereocenters. The van der Waals surface area contributed by atoms with Crippen LogP contribution >= 0.6 is 11.3 Å². The first kappa shape index (κ1) is 11.4. The highest BCUT2D eigenvalue weighted by molar-refractivity contribution is 7.12. The lowest BCUT2D eigenvalue weighted by Crippen LogP contribution is -2.32. The molecule has 2 nitrogen and oxygen atoms in total. The van der Waals surface area contributed by atoms with E-state index in [1.165, 1.54) is 11.3 Å². The van der Waals surface area contributed by atoms with Crippen molar-refractivity contribution in [3.05, 3.63) is 21.9 Å². The zero-order valence-corrected chi connectivity index (χ0v) is 9.78. The molecule has 0 spiro atoms. The molecule has 0 radical (unpaired) electrons. The van der Waals surface area contributed by atoms with Crippen molar-refractivity contribution in [3.63, 3.8) is 0 Å². The van der Waals surface area contributed by atoms with Gasteiger partial charge in [0.15, 0.2) is 5.78 Å². The fourth-order valence-corrected chi connectivity index (χ4v) is 2.10. The second-order valence-electron chi connectivity index (χ2n) is 4.34. The van der Waals surface area contributed by atoms with Crippen molar-refractivity contribution >= 4 is 17.1 Å². The summed E-state index contributed by atoms with van der Waals surface area (Å²) >= 11 is 1.52. The number of Topliss-reactive ketones (excluding diaryl/α,β-unsaturated/α-hetero) is 1. The van der Waals surface area contributed by atoms with Crippen molar-refractivity contribution < 1.29 is 4.79 Å². The summed E-state index contributed by atoms with van der Waals surface area (Å²) in [6, 6.07) is 1.98. The molecule has 1 aromatic heterocycles. The van der Waals surface area contributed by atoms with Crippen LogP contribution in [0.5, 0.6) is 0 Å². The largest absolute Gasteiger partial charge is 0.326 e. The minimum absolute atomic E-state index is 0.219. The Labute approximate surface area is 89.1 Å². The lowest BCUT2D eigenvalue weighted by Gasteiger charge is -2.17. The van der Waals surface area contributed by atoms with Crippen molar-refractivity contribution in [1.82, 2.24) is 0 Å². The van der Waals surface area contributed by atoms with Crippen LogP contribution in [0.4, 0.5) is 0 Å². The molecule has 0 fully saturated rings. The molecular formula is C11H17NOS. The number of hydrogen-bond acceptors (Lipinski definition) is 3. The van der Waals surface area contributed by atoms with E-state index in [0.717, 1.165) is 16.9 Å². The number of aryl methyl sites for hydroxylation is 1. The number of thiophene rings is 1. The second kappa shape index (κ2) is 4.24. The van der Waals surface area contributed by atoms with E-state index in [9.17, 15) is 4.79 Å². The van der Waals surface area contributed by atoms with Crippen molar-refractivity contribution in [2.45, 2.75) is 39.2 Å². The molecule has 0 unspecified atom stereocenters. The molecule has 14 heavy (non-hydrogen) atoms. The fraction of sp³-hybridized carbons (Fsp3) is 0.545. The summed E-state index contributed by atoms with van der Waals surface area (Å²) in [5.74, 6) is 0.219. The molecule has 1 rings (SSSR count). The van der Waals surface area contributed by atoms with Crippen LogP contribution in [0, 0.1) is 6.92 Å². The van der Waals surface area contributed by atoms with Crippen molar-refractivity contribution in [1.29, 1.82) is 0 Å². The van der Waals surface area contributed by atoms with Crippen LogP contribution in [0.2, 0.25) is 0 Å². The van der Waals surface area contributed by atoms with Crippen molar-refractivity contribution in [2.24, 2.45) is 5.73 Å². The van der Waals surface area contributed by atoms with Gasteiger partial charge in [-0.1, -0.05) is 0 Å². The van der Waals surface area contributed by atoms with E-state index in [2.05, 4.69) is 0 Å². The Balaban J connectivity index is 2.56. The standard InChI is InChI=1S/C11H17NOS/c1-8-5-7-14-10(8)9(13)4-6-11(2,3)12/h5,7H,4,6,12H2,1-3H3. The lowest BCUT2D eigenvalue weighted by atomic mass is 9.97. The molecule has 0 saturated carbocycles. The first-order valence-electron chi connectivity index (χ1n) is 4.76. The number of ketones is 1. The Bertz CT molecular complexity index is 322. The molecule has 0 aliphatic carbocycles. The third kappa shape index (κ3) is 3.24. The van der Waals surface area contributed by atoms with Crippen molar-refractivity contribution in [2.75, 3.05) is 0 Å². The summed E-state index contributed by atoms with van der Waals surface area (Å²) < 4.78 is 0. The summed E-state index contributed by atoms with van der Waals surface area (Å²) in [4.78, 5) is 12.6. The van der Waals surface area contributed by atoms with Crippen LogP contribution in [-0.4, -0.2) is 11.3 Å². The van der Waals surface area contributed by atoms with Gasteiger partial charge in [0.1, 0.15) is 0 Å². The van der Waals surface area contributed by atoms with Crippen molar-refractivity contribution in [3.8, 4) is 0 Å². The summed E-state index contributed by atoms with van der Waals surface area (Å²) in [5, 5.41) is 1.95. The van der Waals surface area contributed by atoms with E-state index in [1.807, 2.05) is 32.2 Å². The highest BCUT2D eigenvalue weighted by Crippen LogP contribution is 2.19. The van der Waals surface area contributed by atoms with Gasteiger partial charge in [0.05, 0.1) is 4.88 Å². The average Bonchev–Trinajstić information content (AvgIpc) is 2.46. The molecule has 1 heterocycles. The van der Waals surface area contributed by atoms with Gasteiger partial charge in [-0.05, 0) is 44.2 Å². The summed E-state index contributed by atoms with van der Waals surface area (Å²) in [6.45, 7) is 5.86. The first-order chi connectivity index (χ1) is 6.40. The third-order valence-electron chi connectivity index (χ3n) is 2.11. The maximum absolute atomic E-state index is 11.7. The molecule has 0 bridgehead atoms. The van der Waals surface area contributed by atoms with Gasteiger partial charge in [0.2, 0.25) is 0 Å². The normalized spacial score (nSPS) is 11.7. The minimum Gasteiger partial charge on any atom is -0.326 e. The molecule has 1 aromatic rings. The molecule has 2 N–H and O–H groups in total. The zero-order valence-electron chi connectivity index (χ0n) is 8.96. The van der Waals surface area contributed by atoms with Crippen LogP contribution < -0.4 is 5.73 Å². The predicted octanol–water partition coefficient (Wildman–Crippen LogP) is 2.76. The monoisotopic (exact) mass is 211 g/mol. The van der Waals surface area contributed by atoms with Crippen LogP contribution in [-0.2, 0) is 0 Å². The molecule has 0 saturated heterocycles. The number of carbonyl (C=O) groups is 1. The lowest BCUT2D eigenvalue weighted by molar-refractivity contribution is 0.0976. The van der Waals surface area contributed by atoms with Gasteiger partial charge in [-0.25, -0.2) is 0 Å². The highest BCUT2D eigenvalue weighted by atomic mass is 32.1. The minimum atomic E-state index is -0.249. The molecular weight excluding hydrogens is 194 g/mol. The quantitative estimate of drug-likeness (QED) is 0.778. The molecule has 0 aromatic carbocycles. The maximum atomic E-state index is 11.7. The zero-order chi connectivity index (χ0) is 10.8. The molecule has 0 aliphatic heterocycles. The Kier molecular flexibility index (Phi) is 3.45. The number of carbonyl (C=O) groups excluding carboxylic acids is 1. The highest BCUT2D eigenvalue weighted by Gasteiger charge is 2.16. The summed E-state index contributed by atoms with van der Waals surface area (Å²) in [5.41, 5.74) is 6.66.